The summed E-state index contributed by atoms with van der Waals surface area (Å²) in [5.74, 6) is -0.194. The number of guanidine groups is 1. The number of benzene rings is 1. The maximum absolute atomic E-state index is 14.1. The van der Waals surface area contributed by atoms with Crippen molar-refractivity contribution in [3.63, 3.8) is 0 Å². The van der Waals surface area contributed by atoms with Gasteiger partial charge in [-0.25, -0.2) is 13.8 Å². The zero-order valence-electron chi connectivity index (χ0n) is 17.8. The number of aliphatic imine (C=N–C) groups is 1. The second kappa shape index (κ2) is 10.7. The Morgan fingerprint density at radius 1 is 1.23 bits per heavy atom. The first-order valence-corrected chi connectivity index (χ1v) is 10.4. The van der Waals surface area contributed by atoms with E-state index in [1.807, 2.05) is 26.0 Å². The largest absolute Gasteiger partial charge is 0.365 e. The van der Waals surface area contributed by atoms with Crippen molar-refractivity contribution in [2.75, 3.05) is 36.4 Å². The molecule has 0 radical (unpaired) electrons. The van der Waals surface area contributed by atoms with Crippen molar-refractivity contribution in [1.29, 1.82) is 0 Å². The van der Waals surface area contributed by atoms with Gasteiger partial charge in [0.25, 0.3) is 0 Å². The molecule has 2 aromatic rings. The zero-order chi connectivity index (χ0) is 22.2. The zero-order valence-corrected chi connectivity index (χ0v) is 17.8. The molecule has 0 bridgehead atoms. The molecule has 1 atom stereocenters. The SMILES string of the molecule is CCNC(=NCCC(=O)Nc1cccc(C)n1)NC1CCN(c2c(F)cccc2F)C1. The summed E-state index contributed by atoms with van der Waals surface area (Å²) in [6.07, 6.45) is 0.932. The lowest BCUT2D eigenvalue weighted by atomic mass is 10.2. The highest BCUT2D eigenvalue weighted by atomic mass is 19.1. The van der Waals surface area contributed by atoms with E-state index in [0.717, 1.165) is 12.1 Å². The molecule has 1 saturated heterocycles. The Kier molecular flexibility index (Phi) is 7.75. The van der Waals surface area contributed by atoms with Gasteiger partial charge in [-0.3, -0.25) is 9.79 Å². The molecule has 9 heteroatoms. The van der Waals surface area contributed by atoms with Gasteiger partial charge in [0.1, 0.15) is 23.1 Å². The molecule has 166 valence electrons. The molecule has 2 heterocycles. The smallest absolute Gasteiger partial charge is 0.227 e. The lowest BCUT2D eigenvalue weighted by Gasteiger charge is -2.21. The van der Waals surface area contributed by atoms with Crippen molar-refractivity contribution >= 4 is 23.4 Å². The highest BCUT2D eigenvalue weighted by Gasteiger charge is 2.27. The summed E-state index contributed by atoms with van der Waals surface area (Å²) in [5.41, 5.74) is 0.838. The van der Waals surface area contributed by atoms with Crippen LogP contribution in [0.2, 0.25) is 0 Å². The second-order valence-electron chi connectivity index (χ2n) is 7.37. The van der Waals surface area contributed by atoms with Crippen LogP contribution in [0.15, 0.2) is 41.4 Å². The molecule has 1 fully saturated rings. The number of halogens is 2. The second-order valence-corrected chi connectivity index (χ2v) is 7.37. The fourth-order valence-electron chi connectivity index (χ4n) is 3.47. The van der Waals surface area contributed by atoms with Crippen LogP contribution in [0.1, 0.15) is 25.5 Å². The highest BCUT2D eigenvalue weighted by Crippen LogP contribution is 2.26. The summed E-state index contributed by atoms with van der Waals surface area (Å²) in [5, 5.41) is 9.20. The molecule has 31 heavy (non-hydrogen) atoms. The third-order valence-corrected chi connectivity index (χ3v) is 4.89. The van der Waals surface area contributed by atoms with Gasteiger partial charge in [-0.2, -0.15) is 0 Å². The average molecular weight is 431 g/mol. The van der Waals surface area contributed by atoms with Crippen LogP contribution in [-0.2, 0) is 4.79 Å². The van der Waals surface area contributed by atoms with E-state index in [4.69, 9.17) is 0 Å². The molecule has 0 saturated carbocycles. The Morgan fingerprint density at radius 3 is 2.68 bits per heavy atom. The number of carbonyl (C=O) groups is 1. The van der Waals surface area contributed by atoms with E-state index in [1.54, 1.807) is 11.0 Å². The van der Waals surface area contributed by atoms with Crippen LogP contribution in [0, 0.1) is 18.6 Å². The van der Waals surface area contributed by atoms with E-state index in [9.17, 15) is 13.6 Å². The molecule has 1 aliphatic heterocycles. The van der Waals surface area contributed by atoms with Crippen molar-refractivity contribution in [1.82, 2.24) is 15.6 Å². The molecule has 3 rings (SSSR count). The van der Waals surface area contributed by atoms with Gasteiger partial charge in [-0.05, 0) is 44.5 Å². The average Bonchev–Trinajstić information content (AvgIpc) is 3.16. The van der Waals surface area contributed by atoms with Crippen molar-refractivity contribution in [3.8, 4) is 0 Å². The van der Waals surface area contributed by atoms with Crippen molar-refractivity contribution < 1.29 is 13.6 Å². The van der Waals surface area contributed by atoms with Gasteiger partial charge in [-0.1, -0.05) is 12.1 Å². The van der Waals surface area contributed by atoms with Gasteiger partial charge in [0.05, 0.1) is 6.54 Å². The molecule has 1 aromatic heterocycles. The Morgan fingerprint density at radius 2 is 1.97 bits per heavy atom. The Bertz CT molecular complexity index is 916. The van der Waals surface area contributed by atoms with Crippen LogP contribution in [-0.4, -0.2) is 49.1 Å². The normalized spacial score (nSPS) is 16.3. The lowest BCUT2D eigenvalue weighted by molar-refractivity contribution is -0.116. The van der Waals surface area contributed by atoms with E-state index in [0.29, 0.717) is 38.0 Å². The molecular weight excluding hydrogens is 402 g/mol. The summed E-state index contributed by atoms with van der Waals surface area (Å²) in [4.78, 5) is 22.5. The van der Waals surface area contributed by atoms with E-state index < -0.39 is 11.6 Å². The summed E-state index contributed by atoms with van der Waals surface area (Å²) >= 11 is 0. The number of nitrogens with zero attached hydrogens (tertiary/aromatic N) is 3. The molecular formula is C22H28F2N6O. The summed E-state index contributed by atoms with van der Waals surface area (Å²) in [6, 6.07) is 9.32. The van der Waals surface area contributed by atoms with Crippen LogP contribution in [0.25, 0.3) is 0 Å². The Balaban J connectivity index is 1.52. The van der Waals surface area contributed by atoms with Gasteiger partial charge in [0, 0.05) is 37.8 Å². The third kappa shape index (κ3) is 6.37. The van der Waals surface area contributed by atoms with Crippen molar-refractivity contribution in [3.05, 3.63) is 53.7 Å². The number of hydrogen-bond donors (Lipinski definition) is 3. The predicted octanol–water partition coefficient (Wildman–Crippen LogP) is 2.83. The number of aromatic nitrogens is 1. The molecule has 3 N–H and O–H groups in total. The first-order valence-electron chi connectivity index (χ1n) is 10.4. The monoisotopic (exact) mass is 430 g/mol. The minimum Gasteiger partial charge on any atom is -0.365 e. The number of nitrogens with one attached hydrogen (secondary N) is 3. The van der Waals surface area contributed by atoms with E-state index in [1.165, 1.54) is 18.2 Å². The predicted molar refractivity (Wildman–Crippen MR) is 118 cm³/mol. The summed E-state index contributed by atoms with van der Waals surface area (Å²) in [7, 11) is 0. The maximum atomic E-state index is 14.1. The number of hydrogen-bond acceptors (Lipinski definition) is 4. The minimum atomic E-state index is -0.560. The van der Waals surface area contributed by atoms with Gasteiger partial charge in [0.15, 0.2) is 5.96 Å². The van der Waals surface area contributed by atoms with Crippen molar-refractivity contribution in [2.45, 2.75) is 32.7 Å². The number of carbonyl (C=O) groups excluding carboxylic acids is 1. The van der Waals surface area contributed by atoms with E-state index in [-0.39, 0.29) is 24.1 Å². The first-order chi connectivity index (χ1) is 15.0. The number of anilines is 2. The van der Waals surface area contributed by atoms with Gasteiger partial charge in [-0.15, -0.1) is 0 Å². The standard InChI is InChI=1S/C22H28F2N6O/c1-3-25-22(26-12-10-20(31)29-19-9-4-6-15(2)27-19)28-16-11-13-30(14-16)21-17(23)7-5-8-18(21)24/h4-9,16H,3,10-14H2,1-2H3,(H2,25,26,28)(H,27,29,31). The van der Waals surface area contributed by atoms with Gasteiger partial charge >= 0.3 is 0 Å². The topological polar surface area (TPSA) is 81.6 Å². The molecule has 1 aromatic carbocycles. The van der Waals surface area contributed by atoms with Crippen LogP contribution in [0.4, 0.5) is 20.3 Å². The van der Waals surface area contributed by atoms with E-state index in [2.05, 4.69) is 25.9 Å². The fraction of sp³-hybridized carbons (Fsp3) is 0.409. The molecule has 1 unspecified atom stereocenters. The Hall–Kier alpha value is -3.23. The quantitative estimate of drug-likeness (QED) is 0.465. The lowest BCUT2D eigenvalue weighted by Crippen LogP contribution is -2.44. The van der Waals surface area contributed by atoms with Crippen LogP contribution < -0.4 is 20.9 Å². The molecule has 7 nitrogen and oxygen atoms in total. The minimum absolute atomic E-state index is 0.00942. The van der Waals surface area contributed by atoms with Gasteiger partial charge < -0.3 is 20.9 Å². The maximum Gasteiger partial charge on any atom is 0.227 e. The summed E-state index contributed by atoms with van der Waals surface area (Å²) in [6.45, 7) is 5.76. The number of para-hydroxylation sites is 1. The van der Waals surface area contributed by atoms with E-state index >= 15 is 0 Å². The number of amides is 1. The number of aryl methyl sites for hydroxylation is 1. The third-order valence-electron chi connectivity index (χ3n) is 4.89. The van der Waals surface area contributed by atoms with Crippen LogP contribution in [0.3, 0.4) is 0 Å². The first kappa shape index (κ1) is 22.5. The molecule has 1 aliphatic rings. The Labute approximate surface area is 181 Å². The van der Waals surface area contributed by atoms with Gasteiger partial charge in [0.2, 0.25) is 5.91 Å². The molecule has 1 amide bonds. The highest BCUT2D eigenvalue weighted by molar-refractivity contribution is 5.90. The van der Waals surface area contributed by atoms with Crippen LogP contribution >= 0.6 is 0 Å². The molecule has 0 aliphatic carbocycles. The summed E-state index contributed by atoms with van der Waals surface area (Å²) < 4.78 is 28.1. The fourth-order valence-corrected chi connectivity index (χ4v) is 3.47. The van der Waals surface area contributed by atoms with Crippen molar-refractivity contribution in [2.24, 2.45) is 4.99 Å². The van der Waals surface area contributed by atoms with Crippen LogP contribution in [0.5, 0.6) is 0 Å². The number of rotatable bonds is 7. The molecule has 0 spiro atoms. The number of pyridine rings is 1.